The van der Waals surface area contributed by atoms with Crippen molar-refractivity contribution < 1.29 is 38.9 Å². The molecule has 0 heterocycles. The first-order valence-corrected chi connectivity index (χ1v) is 12.7. The van der Waals surface area contributed by atoms with Crippen LogP contribution in [0.25, 0.3) is 0 Å². The van der Waals surface area contributed by atoms with Crippen LogP contribution in [0.2, 0.25) is 0 Å². The summed E-state index contributed by atoms with van der Waals surface area (Å²) in [6.45, 7) is 13.7. The molecule has 1 saturated carbocycles. The summed E-state index contributed by atoms with van der Waals surface area (Å²) in [4.78, 5) is 51.6. The number of carboxylic acid groups (broad SMARTS) is 1. The molecule has 5 atom stereocenters. The van der Waals surface area contributed by atoms with Gasteiger partial charge >= 0.3 is 18.2 Å². The highest BCUT2D eigenvalue weighted by Gasteiger charge is 2.50. The molecule has 12 heteroatoms. The average molecular weight is 529 g/mol. The largest absolute Gasteiger partial charge is 0.481 e. The molecule has 1 rings (SSSR count). The van der Waals surface area contributed by atoms with E-state index in [4.69, 9.17) is 9.47 Å². The number of amides is 3. The summed E-state index contributed by atoms with van der Waals surface area (Å²) in [5.41, 5.74) is -1.75. The first-order chi connectivity index (χ1) is 17.0. The van der Waals surface area contributed by atoms with Crippen LogP contribution < -0.4 is 16.0 Å². The van der Waals surface area contributed by atoms with Crippen LogP contribution in [0.1, 0.15) is 74.7 Å². The highest BCUT2D eigenvalue weighted by Crippen LogP contribution is 2.37. The van der Waals surface area contributed by atoms with Crippen molar-refractivity contribution in [1.29, 1.82) is 0 Å². The maximum atomic E-state index is 12.3. The molecule has 0 spiro atoms. The van der Waals surface area contributed by atoms with E-state index in [2.05, 4.69) is 20.9 Å². The van der Waals surface area contributed by atoms with Gasteiger partial charge in [0.05, 0.1) is 24.9 Å². The molecule has 1 aliphatic rings. The summed E-state index contributed by atoms with van der Waals surface area (Å²) in [5, 5.41) is 28.9. The molecule has 1 fully saturated rings. The van der Waals surface area contributed by atoms with E-state index in [9.17, 15) is 29.4 Å². The second-order valence-electron chi connectivity index (χ2n) is 11.1. The molecule has 212 valence electrons. The Bertz CT molecular complexity index is 835. The number of hydrogen-bond acceptors (Lipinski definition) is 7. The van der Waals surface area contributed by atoms with Gasteiger partial charge in [-0.25, -0.2) is 9.59 Å². The fourth-order valence-corrected chi connectivity index (χ4v) is 4.61. The van der Waals surface area contributed by atoms with Crippen molar-refractivity contribution in [3.05, 3.63) is 0 Å². The van der Waals surface area contributed by atoms with Gasteiger partial charge in [-0.05, 0) is 47.0 Å². The number of carbonyl (C=O) groups excluding carboxylic acids is 3. The van der Waals surface area contributed by atoms with E-state index in [-0.39, 0.29) is 24.8 Å². The predicted molar refractivity (Wildman–Crippen MR) is 137 cm³/mol. The van der Waals surface area contributed by atoms with E-state index in [1.807, 2.05) is 13.8 Å². The van der Waals surface area contributed by atoms with Gasteiger partial charge < -0.3 is 35.6 Å². The van der Waals surface area contributed by atoms with Gasteiger partial charge in [-0.15, -0.1) is 0 Å². The zero-order valence-corrected chi connectivity index (χ0v) is 23.2. The Morgan fingerprint density at radius 1 is 1.08 bits per heavy atom. The van der Waals surface area contributed by atoms with E-state index in [1.54, 1.807) is 34.6 Å². The van der Waals surface area contributed by atoms with Crippen LogP contribution in [0, 0.1) is 17.8 Å². The minimum absolute atomic E-state index is 0.0123. The summed E-state index contributed by atoms with van der Waals surface area (Å²) < 4.78 is 10.5. The maximum Gasteiger partial charge on any atom is 0.435 e. The van der Waals surface area contributed by atoms with Crippen molar-refractivity contribution in [2.24, 2.45) is 22.7 Å². The molecule has 0 aromatic carbocycles. The molecular formula is C25H44N4O8. The molecule has 1 aliphatic carbocycles. The number of hydrogen-bond donors (Lipinski definition) is 5. The summed E-state index contributed by atoms with van der Waals surface area (Å²) in [7, 11) is 0. The zero-order valence-electron chi connectivity index (χ0n) is 23.2. The lowest BCUT2D eigenvalue weighted by atomic mass is 9.80. The number of carbonyl (C=O) groups is 4. The van der Waals surface area contributed by atoms with Gasteiger partial charge in [0.25, 0.3) is 0 Å². The van der Waals surface area contributed by atoms with Crippen molar-refractivity contribution in [1.82, 2.24) is 16.0 Å². The minimum atomic E-state index is -1.20. The Hall–Kier alpha value is -2.89. The quantitative estimate of drug-likeness (QED) is 0.199. The third-order valence-electron chi connectivity index (χ3n) is 6.32. The van der Waals surface area contributed by atoms with Crippen LogP contribution in [0.5, 0.6) is 0 Å². The highest BCUT2D eigenvalue weighted by atomic mass is 16.6. The second kappa shape index (κ2) is 13.6. The third-order valence-corrected chi connectivity index (χ3v) is 6.32. The number of aliphatic carboxylic acids is 1. The Kier molecular flexibility index (Phi) is 11.8. The molecule has 5 N–H and O–H groups in total. The van der Waals surface area contributed by atoms with Crippen LogP contribution in [0.4, 0.5) is 9.59 Å². The van der Waals surface area contributed by atoms with Gasteiger partial charge in [-0.1, -0.05) is 26.7 Å². The molecule has 5 unspecified atom stereocenters. The number of aliphatic imine (C=N–C) groups is 1. The van der Waals surface area contributed by atoms with E-state index >= 15 is 0 Å². The van der Waals surface area contributed by atoms with E-state index in [0.717, 1.165) is 19.2 Å². The standard InChI is InChI=1S/C25H44N4O8/c1-9-15(10-2)19(29-14(3)30)18-17(11-16(20(18)31)21(32)33)27-13-28-23(35)37-25(7,8)12-26-22(34)36-24(4,5)6/h13,15-20,31H,9-12H2,1-8H3,(H,26,34)(H,29,30)(H,32,33)(H,27,28,35). The Morgan fingerprint density at radius 2 is 1.68 bits per heavy atom. The average Bonchev–Trinajstić information content (AvgIpc) is 3.07. The van der Waals surface area contributed by atoms with Crippen molar-refractivity contribution in [2.45, 2.75) is 104 Å². The van der Waals surface area contributed by atoms with E-state index < -0.39 is 59.4 Å². The van der Waals surface area contributed by atoms with Crippen LogP contribution >= 0.6 is 0 Å². The monoisotopic (exact) mass is 528 g/mol. The summed E-state index contributed by atoms with van der Waals surface area (Å²) in [6, 6.07) is -1.03. The molecule has 12 nitrogen and oxygen atoms in total. The normalized spacial score (nSPS) is 23.0. The second-order valence-corrected chi connectivity index (χ2v) is 11.1. The molecule has 3 amide bonds. The minimum Gasteiger partial charge on any atom is -0.481 e. The number of aliphatic hydroxyl groups is 1. The Morgan fingerprint density at radius 3 is 2.16 bits per heavy atom. The van der Waals surface area contributed by atoms with Crippen molar-refractivity contribution in [2.75, 3.05) is 6.54 Å². The lowest BCUT2D eigenvalue weighted by Gasteiger charge is -2.36. The van der Waals surface area contributed by atoms with Crippen molar-refractivity contribution >= 4 is 30.4 Å². The molecular weight excluding hydrogens is 484 g/mol. The molecule has 0 aromatic rings. The van der Waals surface area contributed by atoms with Gasteiger partial charge in [0.15, 0.2) is 0 Å². The first kappa shape index (κ1) is 32.1. The Balaban J connectivity index is 2.90. The van der Waals surface area contributed by atoms with Crippen LogP contribution in [-0.4, -0.2) is 76.5 Å². The van der Waals surface area contributed by atoms with Crippen LogP contribution in [0.15, 0.2) is 4.99 Å². The van der Waals surface area contributed by atoms with Gasteiger partial charge in [-0.2, -0.15) is 4.99 Å². The number of ether oxygens (including phenoxy) is 2. The molecule has 0 aliphatic heterocycles. The summed E-state index contributed by atoms with van der Waals surface area (Å²) in [5.74, 6) is -3.05. The fraction of sp³-hybridized carbons (Fsp3) is 0.800. The van der Waals surface area contributed by atoms with E-state index in [0.29, 0.717) is 0 Å². The summed E-state index contributed by atoms with van der Waals surface area (Å²) in [6.07, 6.45) is -0.121. The third kappa shape index (κ3) is 10.6. The molecule has 37 heavy (non-hydrogen) atoms. The topological polar surface area (TPSA) is 176 Å². The molecule has 0 bridgehead atoms. The predicted octanol–water partition coefficient (Wildman–Crippen LogP) is 2.44. The number of aliphatic hydroxyl groups excluding tert-OH is 1. The van der Waals surface area contributed by atoms with Gasteiger partial charge in [-0.3, -0.25) is 9.59 Å². The van der Waals surface area contributed by atoms with Gasteiger partial charge in [0.1, 0.15) is 11.2 Å². The van der Waals surface area contributed by atoms with Gasteiger partial charge in [0, 0.05) is 24.9 Å². The van der Waals surface area contributed by atoms with Crippen LogP contribution in [-0.2, 0) is 19.1 Å². The smallest absolute Gasteiger partial charge is 0.435 e. The fourth-order valence-electron chi connectivity index (χ4n) is 4.61. The molecule has 0 radical (unpaired) electrons. The van der Waals surface area contributed by atoms with Crippen molar-refractivity contribution in [3.8, 4) is 0 Å². The number of nitrogens with one attached hydrogen (secondary N) is 3. The molecule has 0 saturated heterocycles. The lowest BCUT2D eigenvalue weighted by Crippen LogP contribution is -2.53. The maximum absolute atomic E-state index is 12.3. The van der Waals surface area contributed by atoms with Crippen molar-refractivity contribution in [3.63, 3.8) is 0 Å². The Labute approximate surface area is 218 Å². The zero-order chi connectivity index (χ0) is 28.6. The number of nitrogens with zero attached hydrogens (tertiary/aromatic N) is 1. The van der Waals surface area contributed by atoms with Gasteiger partial charge in [0.2, 0.25) is 5.91 Å². The summed E-state index contributed by atoms with van der Waals surface area (Å²) >= 11 is 0. The number of carboxylic acids is 1. The highest BCUT2D eigenvalue weighted by molar-refractivity contribution is 5.79. The van der Waals surface area contributed by atoms with E-state index in [1.165, 1.54) is 6.92 Å². The van der Waals surface area contributed by atoms with Crippen LogP contribution in [0.3, 0.4) is 0 Å². The first-order valence-electron chi connectivity index (χ1n) is 12.7. The number of alkyl carbamates (subject to hydrolysis) is 1. The lowest BCUT2D eigenvalue weighted by molar-refractivity contribution is -0.145. The molecule has 0 aromatic heterocycles. The number of rotatable bonds is 11. The SMILES string of the molecule is CCC(CC)C(NC(C)=O)C1C(NC=NC(=O)OC(C)(C)CNC(=O)OC(C)(C)C)CC(C(=O)O)C1O.